The lowest BCUT2D eigenvalue weighted by atomic mass is 10.2. The number of pyridine rings is 1. The summed E-state index contributed by atoms with van der Waals surface area (Å²) in [5.41, 5.74) is 0.773. The largest absolute Gasteiger partial charge is 0.307 e. The lowest BCUT2D eigenvalue weighted by Gasteiger charge is -2.13. The summed E-state index contributed by atoms with van der Waals surface area (Å²) in [6, 6.07) is 8.25. The number of nitro benzene ring substituents is 1. The predicted molar refractivity (Wildman–Crippen MR) is 77.6 cm³/mol. The number of hydrogen-bond acceptors (Lipinski definition) is 5. The lowest BCUT2D eigenvalue weighted by molar-refractivity contribution is -0.384. The number of fused-ring (bicyclic) bond motifs is 1. The monoisotopic (exact) mass is 266 g/mol. The van der Waals surface area contributed by atoms with Crippen molar-refractivity contribution in [2.75, 3.05) is 4.90 Å². The van der Waals surface area contributed by atoms with Crippen LogP contribution in [0.5, 0.6) is 0 Å². The highest BCUT2D eigenvalue weighted by molar-refractivity contribution is 5.83. The Labute approximate surface area is 114 Å². The second-order valence-electron chi connectivity index (χ2n) is 4.15. The zero-order valence-electron chi connectivity index (χ0n) is 10.4. The average molecular weight is 266 g/mol. The number of aliphatic imine (C=N–C) groups is 1. The van der Waals surface area contributed by atoms with Crippen molar-refractivity contribution in [2.45, 2.75) is 0 Å². The second-order valence-corrected chi connectivity index (χ2v) is 4.15. The molecule has 20 heavy (non-hydrogen) atoms. The number of nitrogens with zero attached hydrogens (tertiary/aromatic N) is 4. The van der Waals surface area contributed by atoms with E-state index >= 15 is 0 Å². The van der Waals surface area contributed by atoms with E-state index in [1.54, 1.807) is 24.7 Å². The van der Waals surface area contributed by atoms with Crippen LogP contribution in [0.2, 0.25) is 0 Å². The first-order valence-electron chi connectivity index (χ1n) is 5.94. The number of non-ortho nitro benzene ring substituents is 1. The Morgan fingerprint density at radius 2 is 2.05 bits per heavy atom. The molecule has 3 rings (SSSR count). The molecule has 6 heteroatoms. The van der Waals surface area contributed by atoms with Crippen molar-refractivity contribution in [1.29, 1.82) is 0 Å². The maximum atomic E-state index is 10.7. The van der Waals surface area contributed by atoms with Gasteiger partial charge in [0.05, 0.1) is 10.4 Å². The fraction of sp³-hybridized carbons (Fsp3) is 0. The minimum absolute atomic E-state index is 0.0648. The number of hydrogen-bond donors (Lipinski definition) is 0. The Morgan fingerprint density at radius 3 is 2.90 bits per heavy atom. The summed E-state index contributed by atoms with van der Waals surface area (Å²) in [7, 11) is 0. The van der Waals surface area contributed by atoms with Crippen molar-refractivity contribution in [3.8, 4) is 0 Å². The number of anilines is 1. The molecular weight excluding hydrogens is 256 g/mol. The molecule has 0 aliphatic carbocycles. The second kappa shape index (κ2) is 4.93. The van der Waals surface area contributed by atoms with Crippen molar-refractivity contribution in [3.05, 3.63) is 65.1 Å². The van der Waals surface area contributed by atoms with Gasteiger partial charge < -0.3 is 4.90 Å². The van der Waals surface area contributed by atoms with Gasteiger partial charge in [0, 0.05) is 42.3 Å². The van der Waals surface area contributed by atoms with Crippen molar-refractivity contribution in [1.82, 2.24) is 4.98 Å². The van der Waals surface area contributed by atoms with Crippen LogP contribution in [0.3, 0.4) is 0 Å². The fourth-order valence-electron chi connectivity index (χ4n) is 1.90. The summed E-state index contributed by atoms with van der Waals surface area (Å²) in [5.74, 6) is 0.726. The third kappa shape index (κ3) is 2.26. The van der Waals surface area contributed by atoms with Gasteiger partial charge in [-0.2, -0.15) is 0 Å². The highest BCUT2D eigenvalue weighted by Crippen LogP contribution is 2.23. The van der Waals surface area contributed by atoms with Gasteiger partial charge in [0.25, 0.3) is 5.69 Å². The van der Waals surface area contributed by atoms with Gasteiger partial charge in [-0.05, 0) is 24.3 Å². The zero-order valence-corrected chi connectivity index (χ0v) is 10.4. The average Bonchev–Trinajstić information content (AvgIpc) is 2.75. The van der Waals surface area contributed by atoms with Gasteiger partial charge in [0.2, 0.25) is 0 Å². The summed E-state index contributed by atoms with van der Waals surface area (Å²) < 4.78 is 0. The van der Waals surface area contributed by atoms with E-state index in [0.717, 1.165) is 11.2 Å². The molecule has 6 nitrogen and oxygen atoms in total. The molecule has 0 fully saturated rings. The quantitative estimate of drug-likeness (QED) is 0.618. The summed E-state index contributed by atoms with van der Waals surface area (Å²) in [6.07, 6.45) is 8.79. The molecule has 1 aliphatic rings. The first-order chi connectivity index (χ1) is 9.74. The molecule has 0 spiro atoms. The minimum atomic E-state index is -0.412. The summed E-state index contributed by atoms with van der Waals surface area (Å²) in [6.45, 7) is 0. The number of nitro groups is 1. The molecule has 98 valence electrons. The van der Waals surface area contributed by atoms with Gasteiger partial charge in [-0.1, -0.05) is 0 Å². The smallest absolute Gasteiger partial charge is 0.270 e. The number of benzene rings is 1. The molecule has 0 saturated heterocycles. The van der Waals surface area contributed by atoms with Crippen LogP contribution in [-0.4, -0.2) is 16.1 Å². The van der Waals surface area contributed by atoms with Crippen molar-refractivity contribution >= 4 is 28.6 Å². The molecular formula is C14H10N4O2. The van der Waals surface area contributed by atoms with Crippen molar-refractivity contribution < 1.29 is 4.92 Å². The van der Waals surface area contributed by atoms with Gasteiger partial charge in [0.15, 0.2) is 0 Å². The molecule has 2 aromatic rings. The van der Waals surface area contributed by atoms with Crippen LogP contribution in [0, 0.1) is 10.1 Å². The number of rotatable bonds is 2. The van der Waals surface area contributed by atoms with E-state index in [1.165, 1.54) is 12.1 Å². The van der Waals surface area contributed by atoms with Crippen LogP contribution in [0.4, 0.5) is 11.5 Å². The molecule has 0 bridgehead atoms. The van der Waals surface area contributed by atoms with Crippen molar-refractivity contribution in [3.63, 3.8) is 0 Å². The van der Waals surface area contributed by atoms with Gasteiger partial charge >= 0.3 is 0 Å². The first kappa shape index (κ1) is 12.0. The van der Waals surface area contributed by atoms with Gasteiger partial charge in [-0.25, -0.2) is 4.98 Å². The fourth-order valence-corrected chi connectivity index (χ4v) is 1.90. The highest BCUT2D eigenvalue weighted by Gasteiger charge is 2.08. The third-order valence-electron chi connectivity index (χ3n) is 2.87. The van der Waals surface area contributed by atoms with E-state index in [4.69, 9.17) is 0 Å². The van der Waals surface area contributed by atoms with Crippen LogP contribution in [0.15, 0.2) is 60.0 Å². The van der Waals surface area contributed by atoms with E-state index in [0.29, 0.717) is 5.52 Å². The van der Waals surface area contributed by atoms with Gasteiger partial charge in [-0.3, -0.25) is 15.1 Å². The van der Waals surface area contributed by atoms with Crippen LogP contribution in [0.1, 0.15) is 0 Å². The molecule has 2 heterocycles. The van der Waals surface area contributed by atoms with E-state index < -0.39 is 4.92 Å². The van der Waals surface area contributed by atoms with E-state index in [1.807, 2.05) is 29.3 Å². The maximum Gasteiger partial charge on any atom is 0.270 e. The topological polar surface area (TPSA) is 71.6 Å². The number of aromatic nitrogens is 1. The first-order valence-corrected chi connectivity index (χ1v) is 5.94. The van der Waals surface area contributed by atoms with E-state index in [2.05, 4.69) is 9.98 Å². The van der Waals surface area contributed by atoms with Crippen LogP contribution < -0.4 is 4.90 Å². The van der Waals surface area contributed by atoms with E-state index in [9.17, 15) is 10.1 Å². The minimum Gasteiger partial charge on any atom is -0.307 e. The van der Waals surface area contributed by atoms with Crippen molar-refractivity contribution in [2.24, 2.45) is 4.99 Å². The zero-order chi connectivity index (χ0) is 13.9. The van der Waals surface area contributed by atoms with Crippen LogP contribution in [0.25, 0.3) is 10.9 Å². The van der Waals surface area contributed by atoms with Crippen LogP contribution in [-0.2, 0) is 0 Å². The summed E-state index contributed by atoms with van der Waals surface area (Å²) in [4.78, 5) is 20.6. The highest BCUT2D eigenvalue weighted by atomic mass is 16.6. The molecule has 1 aromatic carbocycles. The molecule has 0 radical (unpaired) electrons. The maximum absolute atomic E-state index is 10.7. The molecule has 1 aliphatic heterocycles. The lowest BCUT2D eigenvalue weighted by Crippen LogP contribution is -2.08. The molecule has 0 atom stereocenters. The Morgan fingerprint density at radius 1 is 1.15 bits per heavy atom. The molecule has 0 saturated carbocycles. The van der Waals surface area contributed by atoms with Crippen LogP contribution >= 0.6 is 0 Å². The Kier molecular flexibility index (Phi) is 2.96. The SMILES string of the molecule is O=[N+]([O-])c1ccc2nc(N3C=CC=NC=C3)ccc2c1. The molecule has 0 N–H and O–H groups in total. The van der Waals surface area contributed by atoms with Gasteiger partial charge in [0.1, 0.15) is 5.82 Å². The molecule has 0 unspecified atom stereocenters. The standard InChI is InChI=1S/C14H10N4O2/c19-18(20)12-3-4-13-11(10-12)2-5-14(16-13)17-8-1-6-15-7-9-17/h1-10H. The number of allylic oxidation sites excluding steroid dienone is 1. The van der Waals surface area contributed by atoms with Gasteiger partial charge in [-0.15, -0.1) is 0 Å². The normalized spacial score (nSPS) is 13.7. The third-order valence-corrected chi connectivity index (χ3v) is 2.87. The Hall–Kier alpha value is -3.02. The summed E-state index contributed by atoms with van der Waals surface area (Å²) >= 11 is 0. The van der Waals surface area contributed by atoms with E-state index in [-0.39, 0.29) is 5.69 Å². The Bertz CT molecular complexity index is 749. The predicted octanol–water partition coefficient (Wildman–Crippen LogP) is 3.02. The summed E-state index contributed by atoms with van der Waals surface area (Å²) in [5, 5.41) is 11.5. The Balaban J connectivity index is 2.03. The molecule has 0 amide bonds. The molecule has 1 aromatic heterocycles.